The van der Waals surface area contributed by atoms with E-state index < -0.39 is 15.8 Å². The van der Waals surface area contributed by atoms with Gasteiger partial charge in [-0.1, -0.05) is 13.0 Å². The van der Waals surface area contributed by atoms with E-state index in [1.807, 2.05) is 0 Å². The molecule has 0 amide bonds. The fraction of sp³-hybridized carbons (Fsp3) is 0.136. The van der Waals surface area contributed by atoms with Crippen LogP contribution in [0.3, 0.4) is 0 Å². The highest BCUT2D eigenvalue weighted by atomic mass is 32.2. The summed E-state index contributed by atoms with van der Waals surface area (Å²) in [7, 11) is -1.94. The molecule has 0 aliphatic rings. The van der Waals surface area contributed by atoms with Crippen molar-refractivity contribution in [2.45, 2.75) is 11.8 Å². The van der Waals surface area contributed by atoms with Gasteiger partial charge in [0.15, 0.2) is 9.84 Å². The lowest BCUT2D eigenvalue weighted by atomic mass is 10.1. The molecule has 1 N–H and O–H groups in total. The van der Waals surface area contributed by atoms with Crippen LogP contribution in [-0.2, 0) is 16.9 Å². The van der Waals surface area contributed by atoms with Crippen LogP contribution in [0.5, 0.6) is 11.5 Å². The van der Waals surface area contributed by atoms with Crippen molar-refractivity contribution in [2.24, 2.45) is 7.05 Å². The van der Waals surface area contributed by atoms with Gasteiger partial charge in [0.25, 0.3) is 5.56 Å². The van der Waals surface area contributed by atoms with E-state index in [1.54, 1.807) is 36.7 Å². The number of nitrogens with zero attached hydrogens (tertiary/aromatic N) is 3. The van der Waals surface area contributed by atoms with Crippen LogP contribution in [0.4, 0.5) is 0 Å². The zero-order valence-corrected chi connectivity index (χ0v) is 18.0. The third-order valence-electron chi connectivity index (χ3n) is 5.03. The molecule has 0 spiro atoms. The maximum absolute atomic E-state index is 12.5. The number of imidazole rings is 1. The lowest BCUT2D eigenvalue weighted by molar-refractivity contribution is 0.0696. The third kappa shape index (κ3) is 3.76. The fourth-order valence-corrected chi connectivity index (χ4v) is 4.21. The van der Waals surface area contributed by atoms with E-state index in [9.17, 15) is 23.1 Å². The van der Waals surface area contributed by atoms with Crippen molar-refractivity contribution in [3.63, 3.8) is 0 Å². The van der Waals surface area contributed by atoms with E-state index in [2.05, 4.69) is 4.98 Å². The molecule has 164 valence electrons. The first kappa shape index (κ1) is 21.3. The summed E-state index contributed by atoms with van der Waals surface area (Å²) in [6.07, 6.45) is 4.45. The van der Waals surface area contributed by atoms with E-state index in [-0.39, 0.29) is 33.3 Å². The summed E-state index contributed by atoms with van der Waals surface area (Å²) in [5, 5.41) is 9.25. The van der Waals surface area contributed by atoms with Gasteiger partial charge < -0.3 is 14.4 Å². The van der Waals surface area contributed by atoms with Gasteiger partial charge in [0.05, 0.1) is 34.4 Å². The number of fused-ring (bicyclic) bond motifs is 1. The molecule has 0 saturated heterocycles. The first-order chi connectivity index (χ1) is 15.2. The minimum Gasteiger partial charge on any atom is -0.478 e. The number of benzene rings is 2. The topological polar surface area (TPSA) is 120 Å². The molecule has 4 aromatic rings. The molecule has 0 saturated carbocycles. The summed E-state index contributed by atoms with van der Waals surface area (Å²) in [6, 6.07) is 10.4. The van der Waals surface area contributed by atoms with Gasteiger partial charge in [-0.3, -0.25) is 9.20 Å². The summed E-state index contributed by atoms with van der Waals surface area (Å²) < 4.78 is 34.0. The second-order valence-corrected chi connectivity index (χ2v) is 9.35. The van der Waals surface area contributed by atoms with Crippen LogP contribution in [0.15, 0.2) is 70.9 Å². The van der Waals surface area contributed by atoms with Gasteiger partial charge in [-0.25, -0.2) is 18.2 Å². The molecule has 0 radical (unpaired) electrons. The molecular formula is C22H19N3O6S. The van der Waals surface area contributed by atoms with Gasteiger partial charge in [0.2, 0.25) is 0 Å². The van der Waals surface area contributed by atoms with Crippen molar-refractivity contribution in [2.75, 3.05) is 5.75 Å². The SMILES string of the molecule is CCS(=O)(=O)c1ccc(Oc2cccc(C(=O)O)c2)c(-c2cn(C)c(=O)c3cncn23)c1. The molecule has 2 heterocycles. The van der Waals surface area contributed by atoms with Gasteiger partial charge in [0, 0.05) is 18.8 Å². The number of carboxylic acid groups (broad SMARTS) is 1. The minimum atomic E-state index is -3.52. The van der Waals surface area contributed by atoms with Crippen molar-refractivity contribution < 1.29 is 23.1 Å². The quantitative estimate of drug-likeness (QED) is 0.476. The predicted molar refractivity (Wildman–Crippen MR) is 117 cm³/mol. The van der Waals surface area contributed by atoms with Crippen molar-refractivity contribution in [1.82, 2.24) is 14.0 Å². The average Bonchev–Trinajstić information content (AvgIpc) is 3.27. The van der Waals surface area contributed by atoms with Gasteiger partial charge in [0.1, 0.15) is 17.0 Å². The van der Waals surface area contributed by atoms with Crippen LogP contribution in [0.25, 0.3) is 16.8 Å². The maximum atomic E-state index is 12.5. The molecular weight excluding hydrogens is 434 g/mol. The molecule has 4 rings (SSSR count). The van der Waals surface area contributed by atoms with Crippen LogP contribution < -0.4 is 10.3 Å². The number of sulfone groups is 1. The summed E-state index contributed by atoms with van der Waals surface area (Å²) in [5.41, 5.74) is 0.983. The Kier molecular flexibility index (Phi) is 5.31. The molecule has 0 unspecified atom stereocenters. The number of aromatic carboxylic acids is 1. The summed E-state index contributed by atoms with van der Waals surface area (Å²) in [5.74, 6) is -0.625. The highest BCUT2D eigenvalue weighted by Crippen LogP contribution is 2.35. The molecule has 32 heavy (non-hydrogen) atoms. The van der Waals surface area contributed by atoms with Crippen molar-refractivity contribution >= 4 is 21.3 Å². The smallest absolute Gasteiger partial charge is 0.335 e. The average molecular weight is 453 g/mol. The molecule has 2 aromatic heterocycles. The van der Waals surface area contributed by atoms with Gasteiger partial charge in [-0.15, -0.1) is 0 Å². The lowest BCUT2D eigenvalue weighted by Gasteiger charge is -2.15. The molecule has 0 fully saturated rings. The third-order valence-corrected chi connectivity index (χ3v) is 6.76. The van der Waals surface area contributed by atoms with Crippen LogP contribution in [0, 0.1) is 0 Å². The molecule has 0 aliphatic heterocycles. The van der Waals surface area contributed by atoms with Gasteiger partial charge in [-0.05, 0) is 36.4 Å². The summed E-state index contributed by atoms with van der Waals surface area (Å²) >= 11 is 0. The number of ether oxygens (including phenoxy) is 1. The Morgan fingerprint density at radius 1 is 1.19 bits per heavy atom. The number of carboxylic acids is 1. The molecule has 0 aliphatic carbocycles. The van der Waals surface area contributed by atoms with Crippen LogP contribution in [-0.4, -0.2) is 39.2 Å². The minimum absolute atomic E-state index is 0.0494. The van der Waals surface area contributed by atoms with E-state index in [0.29, 0.717) is 16.8 Å². The van der Waals surface area contributed by atoms with E-state index in [4.69, 9.17) is 4.74 Å². The zero-order valence-electron chi connectivity index (χ0n) is 17.2. The van der Waals surface area contributed by atoms with E-state index in [1.165, 1.54) is 47.4 Å². The summed E-state index contributed by atoms with van der Waals surface area (Å²) in [6.45, 7) is 1.55. The molecule has 2 aromatic carbocycles. The maximum Gasteiger partial charge on any atom is 0.335 e. The molecule has 10 heteroatoms. The highest BCUT2D eigenvalue weighted by Gasteiger charge is 2.19. The Morgan fingerprint density at radius 3 is 2.69 bits per heavy atom. The number of hydrogen-bond acceptors (Lipinski definition) is 6. The Morgan fingerprint density at radius 2 is 1.97 bits per heavy atom. The summed E-state index contributed by atoms with van der Waals surface area (Å²) in [4.78, 5) is 27.9. The van der Waals surface area contributed by atoms with Crippen LogP contribution in [0.2, 0.25) is 0 Å². The first-order valence-corrected chi connectivity index (χ1v) is 11.3. The fourth-order valence-electron chi connectivity index (χ4n) is 3.31. The normalized spacial score (nSPS) is 11.6. The van der Waals surface area contributed by atoms with Crippen molar-refractivity contribution in [1.29, 1.82) is 0 Å². The first-order valence-electron chi connectivity index (χ1n) is 9.61. The second kappa shape index (κ2) is 7.97. The Labute approximate surface area is 183 Å². The number of hydrogen-bond donors (Lipinski definition) is 1. The van der Waals surface area contributed by atoms with E-state index in [0.717, 1.165) is 0 Å². The number of aromatic nitrogens is 3. The van der Waals surface area contributed by atoms with Gasteiger partial charge >= 0.3 is 5.97 Å². The van der Waals surface area contributed by atoms with Crippen LogP contribution >= 0.6 is 0 Å². The van der Waals surface area contributed by atoms with Crippen molar-refractivity contribution in [3.8, 4) is 22.8 Å². The number of carbonyl (C=O) groups is 1. The number of aryl methyl sites for hydroxylation is 1. The lowest BCUT2D eigenvalue weighted by Crippen LogP contribution is -2.19. The Balaban J connectivity index is 1.96. The molecule has 9 nitrogen and oxygen atoms in total. The Hall–Kier alpha value is -3.92. The predicted octanol–water partition coefficient (Wildman–Crippen LogP) is 2.98. The largest absolute Gasteiger partial charge is 0.478 e. The van der Waals surface area contributed by atoms with E-state index >= 15 is 0 Å². The molecule has 0 atom stereocenters. The Bertz CT molecular complexity index is 1520. The zero-order chi connectivity index (χ0) is 23.0. The van der Waals surface area contributed by atoms with Crippen LogP contribution in [0.1, 0.15) is 17.3 Å². The highest BCUT2D eigenvalue weighted by molar-refractivity contribution is 7.91. The number of rotatable bonds is 6. The molecule has 0 bridgehead atoms. The van der Waals surface area contributed by atoms with Gasteiger partial charge in [-0.2, -0.15) is 0 Å². The standard InChI is InChI=1S/C22H19N3O6S/c1-3-32(29,30)16-7-8-20(31-15-6-4-5-14(9-15)22(27)28)17(10-16)19-12-24(2)21(26)18-11-23-13-25(18)19/h4-13H,3H2,1-2H3,(H,27,28). The monoisotopic (exact) mass is 453 g/mol. The second-order valence-electron chi connectivity index (χ2n) is 7.08. The van der Waals surface area contributed by atoms with Crippen molar-refractivity contribution in [3.05, 3.63) is 77.1 Å².